The molecule has 0 saturated carbocycles. The second-order valence-corrected chi connectivity index (χ2v) is 7.55. The lowest BCUT2D eigenvalue weighted by Gasteiger charge is -2.02. The van der Waals surface area contributed by atoms with Crippen LogP contribution in [0, 0.1) is 20.4 Å². The molecule has 5 aromatic rings. The Labute approximate surface area is 198 Å². The van der Waals surface area contributed by atoms with Crippen molar-refractivity contribution in [1.82, 2.24) is 39.6 Å². The van der Waals surface area contributed by atoms with E-state index < -0.39 is 0 Å². The second-order valence-electron chi connectivity index (χ2n) is 7.55. The molecular weight excluding hydrogens is 448 g/mol. The molecule has 13 heteroatoms. The predicted octanol–water partition coefficient (Wildman–Crippen LogP) is 4.24. The Balaban J connectivity index is 1.56. The molecule has 35 heavy (non-hydrogen) atoms. The van der Waals surface area contributed by atoms with Crippen molar-refractivity contribution in [3.05, 3.63) is 65.5 Å². The van der Waals surface area contributed by atoms with E-state index in [2.05, 4.69) is 50.6 Å². The van der Waals surface area contributed by atoms with Gasteiger partial charge in [0.1, 0.15) is 0 Å². The number of hydrogen-bond donors (Lipinski definition) is 2. The second kappa shape index (κ2) is 8.60. The average molecular weight is 466 g/mol. The number of nitrogens with zero attached hydrogens (tertiary/aromatic N) is 10. The summed E-state index contributed by atoms with van der Waals surface area (Å²) < 4.78 is 2.89. The molecule has 0 bridgehead atoms. The number of aryl methyl sites for hydroxylation is 2. The SMILES string of the molecule is [C-]#[N+]c1c(C)nn(-c2ncccn2)c1N=Nc1c(C)[nH]n2nc(-c3cccc(NC(C)=O)c3)nc12. The average Bonchev–Trinajstić information content (AvgIpc) is 3.48. The van der Waals surface area contributed by atoms with Crippen molar-refractivity contribution >= 4 is 34.4 Å². The van der Waals surface area contributed by atoms with Gasteiger partial charge in [-0.25, -0.2) is 19.8 Å². The Bertz CT molecular complexity index is 1630. The summed E-state index contributed by atoms with van der Waals surface area (Å²) in [4.78, 5) is 28.0. The van der Waals surface area contributed by atoms with Gasteiger partial charge in [0.2, 0.25) is 11.6 Å². The first-order chi connectivity index (χ1) is 16.9. The number of rotatable bonds is 5. The molecule has 0 atom stereocenters. The lowest BCUT2D eigenvalue weighted by atomic mass is 10.2. The molecule has 0 fully saturated rings. The summed E-state index contributed by atoms with van der Waals surface area (Å²) in [6.07, 6.45) is 3.16. The van der Waals surface area contributed by atoms with E-state index in [1.54, 1.807) is 37.5 Å². The standard InChI is InChI=1S/C22H18N12O/c1-12-17(23-4)21(33(30-12)22-24-9-6-10-25-22)29-28-18-13(2)31-34-20(18)27-19(32-34)15-7-5-8-16(11-15)26-14(3)35/h5-11,31H,1-3H3,(H,26,35). The summed E-state index contributed by atoms with van der Waals surface area (Å²) in [6.45, 7) is 12.5. The van der Waals surface area contributed by atoms with Gasteiger partial charge in [-0.2, -0.15) is 14.4 Å². The molecule has 0 saturated heterocycles. The van der Waals surface area contributed by atoms with Crippen LogP contribution in [0.25, 0.3) is 27.8 Å². The molecule has 4 aromatic heterocycles. The molecule has 5 rings (SSSR count). The summed E-state index contributed by atoms with van der Waals surface area (Å²) in [6, 6.07) is 8.91. The highest BCUT2D eigenvalue weighted by atomic mass is 16.1. The third-order valence-corrected chi connectivity index (χ3v) is 4.99. The molecule has 0 unspecified atom stereocenters. The number of amides is 1. The smallest absolute Gasteiger partial charge is 0.255 e. The van der Waals surface area contributed by atoms with Crippen molar-refractivity contribution in [2.75, 3.05) is 5.32 Å². The Morgan fingerprint density at radius 1 is 1.14 bits per heavy atom. The first kappa shape index (κ1) is 21.6. The zero-order valence-electron chi connectivity index (χ0n) is 18.9. The van der Waals surface area contributed by atoms with Crippen molar-refractivity contribution < 1.29 is 4.79 Å². The van der Waals surface area contributed by atoms with Crippen LogP contribution in [0.3, 0.4) is 0 Å². The van der Waals surface area contributed by atoms with Gasteiger partial charge in [0.15, 0.2) is 17.3 Å². The molecular formula is C22H18N12O. The third kappa shape index (κ3) is 4.00. The van der Waals surface area contributed by atoms with E-state index in [1.807, 2.05) is 19.1 Å². The normalized spacial score (nSPS) is 11.3. The van der Waals surface area contributed by atoms with Crippen LogP contribution < -0.4 is 5.32 Å². The van der Waals surface area contributed by atoms with Gasteiger partial charge >= 0.3 is 0 Å². The van der Waals surface area contributed by atoms with E-state index in [-0.39, 0.29) is 23.4 Å². The minimum atomic E-state index is -0.167. The van der Waals surface area contributed by atoms with Crippen LogP contribution in [0.15, 0.2) is 53.0 Å². The first-order valence-electron chi connectivity index (χ1n) is 10.4. The van der Waals surface area contributed by atoms with E-state index in [1.165, 1.54) is 16.2 Å². The number of anilines is 1. The number of azo groups is 1. The molecule has 0 aliphatic carbocycles. The molecule has 2 N–H and O–H groups in total. The zero-order chi connectivity index (χ0) is 24.5. The Hall–Kier alpha value is -5.25. The van der Waals surface area contributed by atoms with Crippen LogP contribution in [-0.2, 0) is 4.79 Å². The predicted molar refractivity (Wildman–Crippen MR) is 126 cm³/mol. The number of fused-ring (bicyclic) bond motifs is 1. The molecule has 4 heterocycles. The van der Waals surface area contributed by atoms with E-state index in [4.69, 9.17) is 6.57 Å². The highest BCUT2D eigenvalue weighted by molar-refractivity contribution is 5.89. The molecule has 0 radical (unpaired) electrons. The van der Waals surface area contributed by atoms with E-state index in [0.717, 1.165) is 5.56 Å². The molecule has 1 amide bonds. The Morgan fingerprint density at radius 2 is 1.94 bits per heavy atom. The van der Waals surface area contributed by atoms with Gasteiger partial charge in [0.05, 0.1) is 18.0 Å². The Morgan fingerprint density at radius 3 is 2.69 bits per heavy atom. The number of aromatic amines is 1. The van der Waals surface area contributed by atoms with E-state index >= 15 is 0 Å². The fourth-order valence-corrected chi connectivity index (χ4v) is 3.47. The molecule has 0 aliphatic rings. The highest BCUT2D eigenvalue weighted by Gasteiger charge is 2.20. The number of carbonyl (C=O) groups excluding carboxylic acids is 1. The molecule has 172 valence electrons. The van der Waals surface area contributed by atoms with Crippen LogP contribution >= 0.6 is 0 Å². The fourth-order valence-electron chi connectivity index (χ4n) is 3.47. The highest BCUT2D eigenvalue weighted by Crippen LogP contribution is 2.35. The summed E-state index contributed by atoms with van der Waals surface area (Å²) in [5.41, 5.74) is 3.70. The molecule has 1 aromatic carbocycles. The van der Waals surface area contributed by atoms with Gasteiger partial charge in [-0.3, -0.25) is 9.89 Å². The van der Waals surface area contributed by atoms with Crippen molar-refractivity contribution in [3.8, 4) is 17.3 Å². The van der Waals surface area contributed by atoms with Crippen LogP contribution in [0.2, 0.25) is 0 Å². The zero-order valence-corrected chi connectivity index (χ0v) is 18.9. The van der Waals surface area contributed by atoms with Gasteiger partial charge in [0.25, 0.3) is 11.6 Å². The largest absolute Gasteiger partial charge is 0.326 e. The van der Waals surface area contributed by atoms with E-state index in [9.17, 15) is 4.79 Å². The minimum absolute atomic E-state index is 0.167. The number of benzene rings is 1. The number of carbonyl (C=O) groups is 1. The summed E-state index contributed by atoms with van der Waals surface area (Å²) in [5, 5.41) is 23.4. The quantitative estimate of drug-likeness (QED) is 0.292. The van der Waals surface area contributed by atoms with Crippen LogP contribution in [0.1, 0.15) is 18.3 Å². The summed E-state index contributed by atoms with van der Waals surface area (Å²) in [5.74, 6) is 0.768. The number of nitrogens with one attached hydrogen (secondary N) is 2. The summed E-state index contributed by atoms with van der Waals surface area (Å²) in [7, 11) is 0. The van der Waals surface area contributed by atoms with Crippen molar-refractivity contribution in [1.29, 1.82) is 0 Å². The van der Waals surface area contributed by atoms with Gasteiger partial charge in [-0.15, -0.1) is 15.3 Å². The van der Waals surface area contributed by atoms with Gasteiger partial charge in [0, 0.05) is 30.6 Å². The fraction of sp³-hybridized carbons (Fsp3) is 0.136. The van der Waals surface area contributed by atoms with Crippen LogP contribution in [0.5, 0.6) is 0 Å². The van der Waals surface area contributed by atoms with Gasteiger partial charge < -0.3 is 5.32 Å². The third-order valence-electron chi connectivity index (χ3n) is 4.99. The molecule has 0 aliphatic heterocycles. The Kier molecular flexibility index (Phi) is 5.30. The summed E-state index contributed by atoms with van der Waals surface area (Å²) >= 11 is 0. The topological polar surface area (TPSA) is 148 Å². The van der Waals surface area contributed by atoms with E-state index in [0.29, 0.717) is 34.2 Å². The lowest BCUT2D eigenvalue weighted by molar-refractivity contribution is -0.114. The van der Waals surface area contributed by atoms with Crippen LogP contribution in [0.4, 0.5) is 22.9 Å². The monoisotopic (exact) mass is 466 g/mol. The maximum absolute atomic E-state index is 11.4. The van der Waals surface area contributed by atoms with Crippen molar-refractivity contribution in [2.45, 2.75) is 20.8 Å². The van der Waals surface area contributed by atoms with Crippen LogP contribution in [-0.4, -0.2) is 45.5 Å². The first-order valence-corrected chi connectivity index (χ1v) is 10.4. The van der Waals surface area contributed by atoms with Gasteiger partial charge in [-0.1, -0.05) is 12.1 Å². The molecule has 13 nitrogen and oxygen atoms in total. The van der Waals surface area contributed by atoms with Crippen molar-refractivity contribution in [2.24, 2.45) is 10.2 Å². The maximum Gasteiger partial charge on any atom is 0.255 e. The maximum atomic E-state index is 11.4. The number of aromatic nitrogens is 8. The number of hydrogen-bond acceptors (Lipinski definition) is 8. The van der Waals surface area contributed by atoms with Crippen molar-refractivity contribution in [3.63, 3.8) is 0 Å². The van der Waals surface area contributed by atoms with Gasteiger partial charge in [-0.05, 0) is 32.0 Å². The number of H-pyrrole nitrogens is 1. The molecule has 0 spiro atoms. The lowest BCUT2D eigenvalue weighted by Crippen LogP contribution is -2.05. The minimum Gasteiger partial charge on any atom is -0.326 e.